The summed E-state index contributed by atoms with van der Waals surface area (Å²) < 4.78 is 7.66. The fourth-order valence-electron chi connectivity index (χ4n) is 2.67. The minimum Gasteiger partial charge on any atom is -0.439 e. The third-order valence-corrected chi connectivity index (χ3v) is 4.39. The molecule has 30 heavy (non-hydrogen) atoms. The van der Waals surface area contributed by atoms with Gasteiger partial charge in [0.05, 0.1) is 0 Å². The van der Waals surface area contributed by atoms with Gasteiger partial charge in [-0.3, -0.25) is 4.79 Å². The van der Waals surface area contributed by atoms with Gasteiger partial charge in [-0.05, 0) is 60.2 Å². The zero-order valence-corrected chi connectivity index (χ0v) is 16.5. The van der Waals surface area contributed by atoms with Gasteiger partial charge in [0.15, 0.2) is 0 Å². The van der Waals surface area contributed by atoms with Gasteiger partial charge in [-0.2, -0.15) is 0 Å². The van der Waals surface area contributed by atoms with Gasteiger partial charge in [0.25, 0.3) is 0 Å². The van der Waals surface area contributed by atoms with Crippen LogP contribution < -0.4 is 10.1 Å². The number of carbonyl (C=O) groups is 1. The van der Waals surface area contributed by atoms with E-state index >= 15 is 0 Å². The summed E-state index contributed by atoms with van der Waals surface area (Å²) in [5.74, 6) is 1.50. The van der Waals surface area contributed by atoms with Crippen LogP contribution in [0.5, 0.6) is 11.6 Å². The number of rotatable bonds is 6. The maximum absolute atomic E-state index is 12.1. The van der Waals surface area contributed by atoms with Crippen LogP contribution in [0.2, 0.25) is 5.02 Å². The second-order valence-electron chi connectivity index (χ2n) is 6.31. The lowest BCUT2D eigenvalue weighted by atomic mass is 10.2. The van der Waals surface area contributed by atoms with E-state index in [0.29, 0.717) is 28.2 Å². The minimum absolute atomic E-state index is 0.231. The van der Waals surface area contributed by atoms with Crippen LogP contribution in [0.15, 0.2) is 91.5 Å². The van der Waals surface area contributed by atoms with Gasteiger partial charge in [-0.25, -0.2) is 9.97 Å². The molecule has 7 heteroatoms. The predicted octanol–water partition coefficient (Wildman–Crippen LogP) is 5.36. The molecule has 0 atom stereocenters. The van der Waals surface area contributed by atoms with Crippen molar-refractivity contribution in [1.82, 2.24) is 14.5 Å². The molecule has 0 bridgehead atoms. The molecule has 0 aliphatic carbocycles. The molecule has 2 aromatic heterocycles. The van der Waals surface area contributed by atoms with Crippen LogP contribution in [0.1, 0.15) is 5.56 Å². The van der Waals surface area contributed by atoms with Gasteiger partial charge >= 0.3 is 0 Å². The zero-order valence-electron chi connectivity index (χ0n) is 15.8. The van der Waals surface area contributed by atoms with Gasteiger partial charge < -0.3 is 14.6 Å². The largest absolute Gasteiger partial charge is 0.439 e. The first-order chi connectivity index (χ1) is 14.7. The average Bonchev–Trinajstić information content (AvgIpc) is 3.30. The molecule has 2 aromatic carbocycles. The summed E-state index contributed by atoms with van der Waals surface area (Å²) in [6.45, 7) is 0. The van der Waals surface area contributed by atoms with Crippen molar-refractivity contribution in [2.45, 2.75) is 0 Å². The van der Waals surface area contributed by atoms with E-state index in [0.717, 1.165) is 5.56 Å². The van der Waals surface area contributed by atoms with Crippen molar-refractivity contribution in [2.75, 3.05) is 5.32 Å². The van der Waals surface area contributed by atoms with Crippen LogP contribution in [0.3, 0.4) is 0 Å². The van der Waals surface area contributed by atoms with Crippen LogP contribution in [-0.4, -0.2) is 20.4 Å². The van der Waals surface area contributed by atoms with Crippen molar-refractivity contribution in [3.63, 3.8) is 0 Å². The maximum Gasteiger partial charge on any atom is 0.248 e. The van der Waals surface area contributed by atoms with Crippen molar-refractivity contribution in [3.8, 4) is 17.4 Å². The molecule has 4 rings (SSSR count). The van der Waals surface area contributed by atoms with Gasteiger partial charge in [0.1, 0.15) is 17.9 Å². The lowest BCUT2D eigenvalue weighted by Gasteiger charge is -2.08. The highest BCUT2D eigenvalue weighted by Crippen LogP contribution is 2.22. The standard InChI is InChI=1S/C23H17ClN4O2/c24-18-6-3-17(4-7-18)5-12-22(29)27-19-8-10-20(11-9-19)30-23-15-21(25-16-26-23)28-13-1-2-14-28/h1-16H,(H,27,29)/b12-5+. The number of hydrogen-bond donors (Lipinski definition) is 1. The molecule has 0 aliphatic heterocycles. The number of nitrogens with one attached hydrogen (secondary N) is 1. The molecule has 4 aromatic rings. The van der Waals surface area contributed by atoms with Gasteiger partial charge in [0, 0.05) is 35.2 Å². The Labute approximate surface area is 178 Å². The Morgan fingerprint density at radius 2 is 1.73 bits per heavy atom. The molecule has 0 unspecified atom stereocenters. The summed E-state index contributed by atoms with van der Waals surface area (Å²) in [6.07, 6.45) is 8.43. The van der Waals surface area contributed by atoms with Crippen molar-refractivity contribution in [1.29, 1.82) is 0 Å². The highest BCUT2D eigenvalue weighted by molar-refractivity contribution is 6.30. The first-order valence-electron chi connectivity index (χ1n) is 9.14. The Morgan fingerprint density at radius 3 is 2.47 bits per heavy atom. The molecule has 0 aliphatic rings. The maximum atomic E-state index is 12.1. The fourth-order valence-corrected chi connectivity index (χ4v) is 2.80. The summed E-state index contributed by atoms with van der Waals surface area (Å²) >= 11 is 5.85. The summed E-state index contributed by atoms with van der Waals surface area (Å²) in [5, 5.41) is 3.46. The summed E-state index contributed by atoms with van der Waals surface area (Å²) in [5.41, 5.74) is 1.55. The third kappa shape index (κ3) is 5.12. The fraction of sp³-hybridized carbons (Fsp3) is 0. The molecule has 0 saturated carbocycles. The number of nitrogens with zero attached hydrogens (tertiary/aromatic N) is 3. The Morgan fingerprint density at radius 1 is 1.00 bits per heavy atom. The zero-order chi connectivity index (χ0) is 20.8. The molecule has 1 amide bonds. The predicted molar refractivity (Wildman–Crippen MR) is 117 cm³/mol. The molecule has 0 saturated heterocycles. The molecule has 1 N–H and O–H groups in total. The molecule has 6 nitrogen and oxygen atoms in total. The molecular weight excluding hydrogens is 400 g/mol. The van der Waals surface area contributed by atoms with Gasteiger partial charge in [0.2, 0.25) is 11.8 Å². The molecule has 148 valence electrons. The van der Waals surface area contributed by atoms with E-state index in [1.807, 2.05) is 41.2 Å². The van der Waals surface area contributed by atoms with E-state index in [1.165, 1.54) is 12.4 Å². The quantitative estimate of drug-likeness (QED) is 0.429. The number of anilines is 1. The number of carbonyl (C=O) groups excluding carboxylic acids is 1. The number of ether oxygens (including phenoxy) is 1. The van der Waals surface area contributed by atoms with Crippen LogP contribution in [0, 0.1) is 0 Å². The first-order valence-corrected chi connectivity index (χ1v) is 9.51. The number of amides is 1. The monoisotopic (exact) mass is 416 g/mol. The van der Waals surface area contributed by atoms with Crippen LogP contribution in [-0.2, 0) is 4.79 Å². The van der Waals surface area contributed by atoms with Crippen LogP contribution >= 0.6 is 11.6 Å². The highest BCUT2D eigenvalue weighted by atomic mass is 35.5. The minimum atomic E-state index is -0.231. The molecule has 0 radical (unpaired) electrons. The van der Waals surface area contributed by atoms with E-state index < -0.39 is 0 Å². The van der Waals surface area contributed by atoms with Crippen LogP contribution in [0.4, 0.5) is 5.69 Å². The Bertz CT molecular complexity index is 1150. The molecule has 2 heterocycles. The van der Waals surface area contributed by atoms with Crippen molar-refractivity contribution in [3.05, 3.63) is 102 Å². The average molecular weight is 417 g/mol. The normalized spacial score (nSPS) is 10.8. The van der Waals surface area contributed by atoms with Crippen molar-refractivity contribution in [2.24, 2.45) is 0 Å². The van der Waals surface area contributed by atoms with E-state index in [4.69, 9.17) is 16.3 Å². The summed E-state index contributed by atoms with van der Waals surface area (Å²) in [6, 6.07) is 19.9. The lowest BCUT2D eigenvalue weighted by Crippen LogP contribution is -2.07. The summed E-state index contributed by atoms with van der Waals surface area (Å²) in [4.78, 5) is 20.5. The summed E-state index contributed by atoms with van der Waals surface area (Å²) in [7, 11) is 0. The highest BCUT2D eigenvalue weighted by Gasteiger charge is 2.04. The first kappa shape index (κ1) is 19.4. The Kier molecular flexibility index (Phi) is 5.87. The van der Waals surface area contributed by atoms with E-state index in [-0.39, 0.29) is 5.91 Å². The van der Waals surface area contributed by atoms with Gasteiger partial charge in [-0.1, -0.05) is 23.7 Å². The van der Waals surface area contributed by atoms with E-state index in [1.54, 1.807) is 48.5 Å². The van der Waals surface area contributed by atoms with Crippen LogP contribution in [0.25, 0.3) is 11.9 Å². The van der Waals surface area contributed by atoms with E-state index in [2.05, 4.69) is 15.3 Å². The second-order valence-corrected chi connectivity index (χ2v) is 6.74. The van der Waals surface area contributed by atoms with Gasteiger partial charge in [-0.15, -0.1) is 0 Å². The third-order valence-electron chi connectivity index (χ3n) is 4.14. The Hall–Kier alpha value is -3.90. The molecule has 0 fully saturated rings. The molecular formula is C23H17ClN4O2. The smallest absolute Gasteiger partial charge is 0.248 e. The number of benzene rings is 2. The van der Waals surface area contributed by atoms with E-state index in [9.17, 15) is 4.79 Å². The molecule has 0 spiro atoms. The lowest BCUT2D eigenvalue weighted by molar-refractivity contribution is -0.111. The van der Waals surface area contributed by atoms with Crippen molar-refractivity contribution < 1.29 is 9.53 Å². The van der Waals surface area contributed by atoms with Crippen molar-refractivity contribution >= 4 is 29.3 Å². The second kappa shape index (κ2) is 9.07. The number of hydrogen-bond acceptors (Lipinski definition) is 4. The topological polar surface area (TPSA) is 69.0 Å². The number of aromatic nitrogens is 3. The number of halogens is 1. The SMILES string of the molecule is O=C(/C=C/c1ccc(Cl)cc1)Nc1ccc(Oc2cc(-n3cccc3)ncn2)cc1. The Balaban J connectivity index is 1.36.